The van der Waals surface area contributed by atoms with E-state index in [1.54, 1.807) is 0 Å². The Labute approximate surface area is 160 Å². The summed E-state index contributed by atoms with van der Waals surface area (Å²) in [5.74, 6) is 0. The predicted molar refractivity (Wildman–Crippen MR) is 123 cm³/mol. The van der Waals surface area contributed by atoms with Gasteiger partial charge in [-0.05, 0) is 49.4 Å². The largest absolute Gasteiger partial charge is 0.114 e. The molecule has 2 heteroatoms. The summed E-state index contributed by atoms with van der Waals surface area (Å²) in [6, 6.07) is 35.1. The van der Waals surface area contributed by atoms with Gasteiger partial charge in [0.05, 0.1) is 5.66 Å². The van der Waals surface area contributed by atoms with E-state index in [0.717, 1.165) is 0 Å². The van der Waals surface area contributed by atoms with Gasteiger partial charge in [-0.1, -0.05) is 74.2 Å². The van der Waals surface area contributed by atoms with Crippen LogP contribution in [-0.4, -0.2) is 13.7 Å². The highest BCUT2D eigenvalue weighted by atomic mass is 31.2. The van der Waals surface area contributed by atoms with Gasteiger partial charge in [-0.3, -0.25) is 0 Å². The van der Waals surface area contributed by atoms with Gasteiger partial charge in [0, 0.05) is 8.07 Å². The third kappa shape index (κ3) is 3.85. The molecule has 0 radical (unpaired) electrons. The van der Waals surface area contributed by atoms with Gasteiger partial charge in [0.1, 0.15) is 23.2 Å². The normalized spacial score (nSPS) is 13.4. The van der Waals surface area contributed by atoms with Gasteiger partial charge < -0.3 is 0 Å². The standard InChI is InChI=1S/C24H30PSi/c1-21(20-26(2,3)4)25(22-14-8-5-9-15-22,23-16-10-6-11-17-23)24-18-12-7-13-19-24/h5-19,21H,20H2,1-4H3/q+1. The lowest BCUT2D eigenvalue weighted by Gasteiger charge is -2.35. The second-order valence-electron chi connectivity index (χ2n) is 8.34. The van der Waals surface area contributed by atoms with Crippen molar-refractivity contribution in [3.05, 3.63) is 91.0 Å². The summed E-state index contributed by atoms with van der Waals surface area (Å²) < 4.78 is 0. The average Bonchev–Trinajstić information content (AvgIpc) is 2.64. The smallest absolute Gasteiger partial charge is 0.0694 e. The monoisotopic (exact) mass is 377 g/mol. The average molecular weight is 378 g/mol. The minimum atomic E-state index is -1.71. The van der Waals surface area contributed by atoms with E-state index in [1.807, 2.05) is 0 Å². The van der Waals surface area contributed by atoms with Gasteiger partial charge in [-0.2, -0.15) is 0 Å². The summed E-state index contributed by atoms with van der Waals surface area (Å²) in [6.45, 7) is 10.00. The molecule has 0 aromatic heterocycles. The Kier molecular flexibility index (Phi) is 5.80. The lowest BCUT2D eigenvalue weighted by Crippen LogP contribution is -2.40. The first-order valence-electron chi connectivity index (χ1n) is 9.50. The zero-order valence-electron chi connectivity index (χ0n) is 16.4. The maximum atomic E-state index is 2.50. The highest BCUT2D eigenvalue weighted by Gasteiger charge is 2.51. The Hall–Kier alpha value is -1.69. The Bertz CT molecular complexity index is 710. The number of rotatable bonds is 6. The second kappa shape index (κ2) is 7.90. The molecule has 0 heterocycles. The van der Waals surface area contributed by atoms with Crippen LogP contribution < -0.4 is 15.9 Å². The van der Waals surface area contributed by atoms with Crippen LogP contribution in [0.25, 0.3) is 0 Å². The van der Waals surface area contributed by atoms with E-state index >= 15 is 0 Å². The summed E-state index contributed by atoms with van der Waals surface area (Å²) >= 11 is 0. The van der Waals surface area contributed by atoms with Crippen molar-refractivity contribution in [3.8, 4) is 0 Å². The van der Waals surface area contributed by atoms with Crippen LogP contribution in [0.2, 0.25) is 25.7 Å². The molecule has 1 atom stereocenters. The summed E-state index contributed by atoms with van der Waals surface area (Å²) in [5.41, 5.74) is 0.626. The zero-order chi connectivity index (χ0) is 18.6. The molecule has 0 amide bonds. The Balaban J connectivity index is 2.32. The quantitative estimate of drug-likeness (QED) is 0.381. The van der Waals surface area contributed by atoms with E-state index in [4.69, 9.17) is 0 Å². The van der Waals surface area contributed by atoms with Crippen molar-refractivity contribution < 1.29 is 0 Å². The van der Waals surface area contributed by atoms with E-state index in [2.05, 4.69) is 118 Å². The number of benzene rings is 3. The fourth-order valence-corrected chi connectivity index (χ4v) is 13.1. The Morgan fingerprint density at radius 1 is 0.615 bits per heavy atom. The molecule has 134 valence electrons. The van der Waals surface area contributed by atoms with Crippen LogP contribution in [0.5, 0.6) is 0 Å². The van der Waals surface area contributed by atoms with E-state index in [9.17, 15) is 0 Å². The molecule has 26 heavy (non-hydrogen) atoms. The summed E-state index contributed by atoms with van der Waals surface area (Å²) in [4.78, 5) is 0. The maximum absolute atomic E-state index is 2.50. The molecule has 0 spiro atoms. The van der Waals surface area contributed by atoms with Crippen LogP contribution in [0.4, 0.5) is 0 Å². The molecule has 0 saturated heterocycles. The van der Waals surface area contributed by atoms with Crippen LogP contribution in [0.15, 0.2) is 91.0 Å². The molecule has 0 bridgehead atoms. The molecular weight excluding hydrogens is 347 g/mol. The van der Waals surface area contributed by atoms with E-state index < -0.39 is 15.3 Å². The van der Waals surface area contributed by atoms with Crippen molar-refractivity contribution in [2.45, 2.75) is 38.3 Å². The molecule has 3 rings (SSSR count). The minimum Gasteiger partial charge on any atom is -0.0694 e. The second-order valence-corrected chi connectivity index (χ2v) is 17.7. The van der Waals surface area contributed by atoms with Crippen LogP contribution >= 0.6 is 7.26 Å². The molecular formula is C24H30PSi+. The predicted octanol–water partition coefficient (Wildman–Crippen LogP) is 5.71. The van der Waals surface area contributed by atoms with Gasteiger partial charge in [-0.25, -0.2) is 0 Å². The molecule has 3 aromatic rings. The molecule has 0 nitrogen and oxygen atoms in total. The van der Waals surface area contributed by atoms with Crippen molar-refractivity contribution in [2.75, 3.05) is 0 Å². The number of hydrogen-bond acceptors (Lipinski definition) is 0. The molecule has 3 aromatic carbocycles. The highest BCUT2D eigenvalue weighted by Crippen LogP contribution is 2.61. The van der Waals surface area contributed by atoms with Crippen molar-refractivity contribution in [1.82, 2.24) is 0 Å². The molecule has 0 saturated carbocycles. The fraction of sp³-hybridized carbons (Fsp3) is 0.250. The van der Waals surface area contributed by atoms with Crippen LogP contribution in [-0.2, 0) is 0 Å². The van der Waals surface area contributed by atoms with E-state index in [-0.39, 0.29) is 0 Å². The van der Waals surface area contributed by atoms with Gasteiger partial charge in [0.2, 0.25) is 0 Å². The van der Waals surface area contributed by atoms with Crippen LogP contribution in [0.3, 0.4) is 0 Å². The lowest BCUT2D eigenvalue weighted by atomic mass is 10.3. The summed E-state index contributed by atoms with van der Waals surface area (Å²) in [7, 11) is -2.91. The molecule has 0 aliphatic carbocycles. The Morgan fingerprint density at radius 2 is 0.923 bits per heavy atom. The number of hydrogen-bond donors (Lipinski definition) is 0. The first-order chi connectivity index (χ1) is 12.4. The lowest BCUT2D eigenvalue weighted by molar-refractivity contribution is 1.05. The van der Waals surface area contributed by atoms with E-state index in [1.165, 1.54) is 22.0 Å². The molecule has 0 N–H and O–H groups in total. The molecule has 0 fully saturated rings. The van der Waals surface area contributed by atoms with Gasteiger partial charge >= 0.3 is 0 Å². The van der Waals surface area contributed by atoms with Gasteiger partial charge in [0.25, 0.3) is 0 Å². The van der Waals surface area contributed by atoms with Gasteiger partial charge in [0.15, 0.2) is 0 Å². The fourth-order valence-electron chi connectivity index (χ4n) is 4.22. The SMILES string of the molecule is CC(C[Si](C)(C)C)[P+](c1ccccc1)(c1ccccc1)c1ccccc1. The first kappa shape index (κ1) is 19.1. The van der Waals surface area contributed by atoms with Gasteiger partial charge in [-0.15, -0.1) is 0 Å². The third-order valence-electron chi connectivity index (χ3n) is 5.06. The van der Waals surface area contributed by atoms with Crippen LogP contribution in [0, 0.1) is 0 Å². The first-order valence-corrected chi connectivity index (χ1v) is 15.1. The van der Waals surface area contributed by atoms with Crippen molar-refractivity contribution in [3.63, 3.8) is 0 Å². The minimum absolute atomic E-state index is 0.626. The third-order valence-corrected chi connectivity index (χ3v) is 12.1. The maximum Gasteiger partial charge on any atom is 0.114 e. The van der Waals surface area contributed by atoms with Crippen molar-refractivity contribution in [1.29, 1.82) is 0 Å². The Morgan fingerprint density at radius 3 is 1.19 bits per heavy atom. The van der Waals surface area contributed by atoms with Crippen LogP contribution in [0.1, 0.15) is 6.92 Å². The molecule has 0 aliphatic rings. The highest BCUT2D eigenvalue weighted by molar-refractivity contribution is 7.96. The topological polar surface area (TPSA) is 0 Å². The molecule has 0 aliphatic heterocycles. The summed E-state index contributed by atoms with van der Waals surface area (Å²) in [5, 5.41) is 4.51. The zero-order valence-corrected chi connectivity index (χ0v) is 18.3. The van der Waals surface area contributed by atoms with Crippen molar-refractivity contribution in [2.24, 2.45) is 0 Å². The van der Waals surface area contributed by atoms with Crippen molar-refractivity contribution >= 4 is 31.2 Å². The molecule has 1 unspecified atom stereocenters. The van der Waals surface area contributed by atoms with E-state index in [0.29, 0.717) is 5.66 Å². The summed E-state index contributed by atoms with van der Waals surface area (Å²) in [6.07, 6.45) is 0.